The normalized spacial score (nSPS) is 22.7. The number of para-hydroxylation sites is 1. The highest BCUT2D eigenvalue weighted by molar-refractivity contribution is 6.31. The summed E-state index contributed by atoms with van der Waals surface area (Å²) in [5.41, 5.74) is 0. The summed E-state index contributed by atoms with van der Waals surface area (Å²) in [7, 11) is 0. The first-order chi connectivity index (χ1) is 12.2. The second kappa shape index (κ2) is 7.87. The lowest BCUT2D eigenvalue weighted by Gasteiger charge is -2.45. The summed E-state index contributed by atoms with van der Waals surface area (Å²) in [5, 5.41) is 0. The summed E-state index contributed by atoms with van der Waals surface area (Å²) in [4.78, 5) is 25.6. The molecule has 1 unspecified atom stereocenters. The Bertz CT molecular complexity index is 587. The zero-order chi connectivity index (χ0) is 17.7. The van der Waals surface area contributed by atoms with Crippen LogP contribution in [0.5, 0.6) is 5.75 Å². The predicted octanol–water partition coefficient (Wildman–Crippen LogP) is 2.72. The SMILES string of the molecule is CCCCCN1CCCC(COc2ccccc2)C12OC(=O)C(=O)O2. The van der Waals surface area contributed by atoms with Crippen LogP contribution in [0.15, 0.2) is 30.3 Å². The summed E-state index contributed by atoms with van der Waals surface area (Å²) in [6.07, 6.45) is 4.88. The number of ether oxygens (including phenoxy) is 3. The van der Waals surface area contributed by atoms with E-state index in [1.807, 2.05) is 35.2 Å². The van der Waals surface area contributed by atoms with Gasteiger partial charge in [0.25, 0.3) is 0 Å². The molecule has 6 nitrogen and oxygen atoms in total. The summed E-state index contributed by atoms with van der Waals surface area (Å²) in [5.74, 6) is -2.59. The fourth-order valence-electron chi connectivity index (χ4n) is 3.51. The molecule has 6 heteroatoms. The molecule has 2 aliphatic rings. The highest BCUT2D eigenvalue weighted by Crippen LogP contribution is 2.40. The van der Waals surface area contributed by atoms with Crippen molar-refractivity contribution >= 4 is 11.9 Å². The molecule has 0 radical (unpaired) electrons. The third-order valence-electron chi connectivity index (χ3n) is 4.81. The lowest BCUT2D eigenvalue weighted by Crippen LogP contribution is -2.60. The van der Waals surface area contributed by atoms with E-state index in [1.165, 1.54) is 0 Å². The minimum Gasteiger partial charge on any atom is -0.493 e. The molecule has 1 atom stereocenters. The van der Waals surface area contributed by atoms with E-state index in [4.69, 9.17) is 14.2 Å². The van der Waals surface area contributed by atoms with Gasteiger partial charge in [-0.3, -0.25) is 0 Å². The smallest absolute Gasteiger partial charge is 0.421 e. The molecule has 0 bridgehead atoms. The Balaban J connectivity index is 1.75. The maximum absolute atomic E-state index is 11.8. The van der Waals surface area contributed by atoms with Crippen LogP contribution in [0.4, 0.5) is 0 Å². The number of rotatable bonds is 7. The lowest BCUT2D eigenvalue weighted by atomic mass is 9.93. The van der Waals surface area contributed by atoms with Crippen molar-refractivity contribution in [3.8, 4) is 5.75 Å². The quantitative estimate of drug-likeness (QED) is 0.429. The molecule has 0 aromatic heterocycles. The van der Waals surface area contributed by atoms with Gasteiger partial charge in [0.05, 0.1) is 5.92 Å². The Morgan fingerprint density at radius 1 is 1.16 bits per heavy atom. The average Bonchev–Trinajstić information content (AvgIpc) is 2.92. The van der Waals surface area contributed by atoms with Gasteiger partial charge < -0.3 is 14.2 Å². The van der Waals surface area contributed by atoms with E-state index in [9.17, 15) is 9.59 Å². The van der Waals surface area contributed by atoms with Crippen molar-refractivity contribution in [1.82, 2.24) is 4.90 Å². The van der Waals surface area contributed by atoms with Crippen LogP contribution in [0, 0.1) is 5.92 Å². The molecule has 0 amide bonds. The summed E-state index contributed by atoms with van der Waals surface area (Å²) < 4.78 is 16.8. The number of esters is 2. The number of piperidine rings is 1. The third kappa shape index (κ3) is 3.79. The summed E-state index contributed by atoms with van der Waals surface area (Å²) in [6.45, 7) is 3.94. The van der Waals surface area contributed by atoms with Crippen LogP contribution in [0.25, 0.3) is 0 Å². The van der Waals surface area contributed by atoms with Crippen LogP contribution in [0.1, 0.15) is 39.0 Å². The van der Waals surface area contributed by atoms with Gasteiger partial charge in [0, 0.05) is 13.1 Å². The first kappa shape index (κ1) is 17.7. The number of hydrogen-bond donors (Lipinski definition) is 0. The van der Waals surface area contributed by atoms with E-state index in [0.717, 1.165) is 50.9 Å². The van der Waals surface area contributed by atoms with Crippen molar-refractivity contribution in [2.24, 2.45) is 5.92 Å². The first-order valence-electron chi connectivity index (χ1n) is 9.05. The molecule has 2 heterocycles. The number of carbonyl (C=O) groups is 2. The van der Waals surface area contributed by atoms with Crippen molar-refractivity contribution in [2.45, 2.75) is 44.9 Å². The summed E-state index contributed by atoms with van der Waals surface area (Å²) in [6, 6.07) is 9.48. The van der Waals surface area contributed by atoms with Crippen LogP contribution in [-0.4, -0.2) is 42.4 Å². The molecule has 1 aromatic rings. The molecule has 1 spiro atoms. The highest BCUT2D eigenvalue weighted by Gasteiger charge is 2.59. The molecule has 2 aliphatic heterocycles. The Morgan fingerprint density at radius 2 is 1.88 bits per heavy atom. The van der Waals surface area contributed by atoms with E-state index in [1.54, 1.807) is 0 Å². The molecule has 1 aromatic carbocycles. The van der Waals surface area contributed by atoms with Crippen molar-refractivity contribution in [3.63, 3.8) is 0 Å². The molecular weight excluding hydrogens is 322 g/mol. The maximum Gasteiger partial charge on any atom is 0.421 e. The van der Waals surface area contributed by atoms with Gasteiger partial charge >= 0.3 is 17.8 Å². The van der Waals surface area contributed by atoms with Crippen LogP contribution in [0.3, 0.4) is 0 Å². The zero-order valence-electron chi connectivity index (χ0n) is 14.6. The number of likely N-dealkylation sites (tertiary alicyclic amines) is 1. The molecule has 0 saturated carbocycles. The number of hydrogen-bond acceptors (Lipinski definition) is 6. The van der Waals surface area contributed by atoms with Crippen molar-refractivity contribution in [2.75, 3.05) is 19.7 Å². The van der Waals surface area contributed by atoms with E-state index < -0.39 is 17.8 Å². The van der Waals surface area contributed by atoms with Gasteiger partial charge in [-0.25, -0.2) is 14.5 Å². The van der Waals surface area contributed by atoms with Gasteiger partial charge in [-0.1, -0.05) is 38.0 Å². The van der Waals surface area contributed by atoms with Gasteiger partial charge in [-0.2, -0.15) is 0 Å². The fourth-order valence-corrected chi connectivity index (χ4v) is 3.51. The predicted molar refractivity (Wildman–Crippen MR) is 90.7 cm³/mol. The number of nitrogens with zero attached hydrogens (tertiary/aromatic N) is 1. The van der Waals surface area contributed by atoms with Gasteiger partial charge in [0.15, 0.2) is 0 Å². The van der Waals surface area contributed by atoms with Crippen molar-refractivity contribution < 1.29 is 23.8 Å². The molecular formula is C19H25NO5. The number of carbonyl (C=O) groups excluding carboxylic acids is 2. The number of benzene rings is 1. The first-order valence-corrected chi connectivity index (χ1v) is 9.05. The molecule has 3 rings (SSSR count). The standard InChI is InChI=1S/C19H25NO5/c1-2-3-7-12-20-13-8-9-15(14-23-16-10-5-4-6-11-16)19(20)24-17(21)18(22)25-19/h4-6,10-11,15H,2-3,7-9,12-14H2,1H3. The minimum atomic E-state index is -1.31. The Morgan fingerprint density at radius 3 is 2.56 bits per heavy atom. The Hall–Kier alpha value is -2.08. The molecule has 2 fully saturated rings. The van der Waals surface area contributed by atoms with Gasteiger partial charge in [-0.05, 0) is 31.4 Å². The van der Waals surface area contributed by atoms with Crippen LogP contribution in [0.2, 0.25) is 0 Å². The summed E-state index contributed by atoms with van der Waals surface area (Å²) >= 11 is 0. The van der Waals surface area contributed by atoms with Crippen molar-refractivity contribution in [3.05, 3.63) is 30.3 Å². The molecule has 0 aliphatic carbocycles. The largest absolute Gasteiger partial charge is 0.493 e. The third-order valence-corrected chi connectivity index (χ3v) is 4.81. The molecule has 2 saturated heterocycles. The second-order valence-electron chi connectivity index (χ2n) is 6.57. The maximum atomic E-state index is 11.8. The Kier molecular flexibility index (Phi) is 5.58. The topological polar surface area (TPSA) is 65.1 Å². The fraction of sp³-hybridized carbons (Fsp3) is 0.579. The van der Waals surface area contributed by atoms with E-state index in [-0.39, 0.29) is 5.92 Å². The minimum absolute atomic E-state index is 0.210. The molecule has 0 N–H and O–H groups in total. The highest BCUT2D eigenvalue weighted by atomic mass is 16.8. The van der Waals surface area contributed by atoms with Crippen LogP contribution < -0.4 is 4.74 Å². The van der Waals surface area contributed by atoms with Gasteiger partial charge in [-0.15, -0.1) is 0 Å². The molecule has 25 heavy (non-hydrogen) atoms. The zero-order valence-corrected chi connectivity index (χ0v) is 14.6. The van der Waals surface area contributed by atoms with Crippen LogP contribution in [-0.2, 0) is 19.1 Å². The lowest BCUT2D eigenvalue weighted by molar-refractivity contribution is -0.294. The van der Waals surface area contributed by atoms with E-state index >= 15 is 0 Å². The Labute approximate surface area is 148 Å². The average molecular weight is 347 g/mol. The number of unbranched alkanes of at least 4 members (excludes halogenated alkanes) is 2. The molecule has 136 valence electrons. The van der Waals surface area contributed by atoms with Gasteiger partial charge in [0.2, 0.25) is 0 Å². The van der Waals surface area contributed by atoms with Gasteiger partial charge in [0.1, 0.15) is 12.4 Å². The monoisotopic (exact) mass is 347 g/mol. The van der Waals surface area contributed by atoms with Crippen LogP contribution >= 0.6 is 0 Å². The van der Waals surface area contributed by atoms with E-state index in [2.05, 4.69) is 6.92 Å². The van der Waals surface area contributed by atoms with E-state index in [0.29, 0.717) is 6.61 Å². The van der Waals surface area contributed by atoms with Crippen molar-refractivity contribution in [1.29, 1.82) is 0 Å². The second-order valence-corrected chi connectivity index (χ2v) is 6.57.